The van der Waals surface area contributed by atoms with Gasteiger partial charge in [0.25, 0.3) is 0 Å². The summed E-state index contributed by atoms with van der Waals surface area (Å²) in [5, 5.41) is 3.91. The molecule has 0 fully saturated rings. The molecule has 0 radical (unpaired) electrons. The lowest BCUT2D eigenvalue weighted by molar-refractivity contribution is 0.0604. The molecule has 0 amide bonds. The third-order valence-corrected chi connectivity index (χ3v) is 1.81. The Morgan fingerprint density at radius 2 is 2.43 bits per heavy atom. The first-order valence-corrected chi connectivity index (χ1v) is 3.91. The lowest BCUT2D eigenvalue weighted by Crippen LogP contribution is -2.04. The fraction of sp³-hybridized carbons (Fsp3) is 0.125. The largest absolute Gasteiger partial charge is 0.465 e. The van der Waals surface area contributed by atoms with Gasteiger partial charge in [-0.3, -0.25) is 0 Å². The highest BCUT2D eigenvalue weighted by Gasteiger charge is 2.18. The Morgan fingerprint density at radius 3 is 3.14 bits per heavy atom. The highest BCUT2D eigenvalue weighted by atomic mass is 16.5. The number of carbonyl (C=O) groups is 1. The average molecular weight is 192 g/mol. The highest BCUT2D eigenvalue weighted by Crippen LogP contribution is 2.15. The highest BCUT2D eigenvalue weighted by molar-refractivity contribution is 6.00. The first kappa shape index (κ1) is 8.49. The first-order chi connectivity index (χ1) is 6.74. The number of fused-ring (bicyclic) bond motifs is 1. The number of aromatic nitrogens is 3. The molecular formula is C8H8N4O2. The second-order valence-electron chi connectivity index (χ2n) is 2.64. The molecule has 14 heavy (non-hydrogen) atoms. The van der Waals surface area contributed by atoms with E-state index >= 15 is 0 Å². The molecule has 0 bridgehead atoms. The number of nitrogen functional groups attached to an aromatic ring is 1. The Kier molecular flexibility index (Phi) is 1.81. The van der Waals surface area contributed by atoms with Crippen LogP contribution in [-0.2, 0) is 4.74 Å². The van der Waals surface area contributed by atoms with Crippen LogP contribution in [0.3, 0.4) is 0 Å². The maximum atomic E-state index is 11.3. The maximum Gasteiger partial charge on any atom is 0.345 e. The molecular weight excluding hydrogens is 184 g/mol. The molecule has 0 aliphatic rings. The molecule has 2 aromatic rings. The van der Waals surface area contributed by atoms with E-state index < -0.39 is 5.97 Å². The number of methoxy groups -OCH3 is 1. The summed E-state index contributed by atoms with van der Waals surface area (Å²) in [7, 11) is 1.29. The van der Waals surface area contributed by atoms with Gasteiger partial charge in [-0.2, -0.15) is 0 Å². The van der Waals surface area contributed by atoms with Crippen LogP contribution in [-0.4, -0.2) is 27.7 Å². The van der Waals surface area contributed by atoms with Crippen LogP contribution in [0.1, 0.15) is 10.4 Å². The van der Waals surface area contributed by atoms with E-state index in [0.29, 0.717) is 5.65 Å². The van der Waals surface area contributed by atoms with E-state index in [1.54, 1.807) is 18.5 Å². The molecule has 2 rings (SSSR count). The summed E-state index contributed by atoms with van der Waals surface area (Å²) < 4.78 is 6.00. The van der Waals surface area contributed by atoms with Gasteiger partial charge in [0.05, 0.1) is 7.11 Å². The zero-order valence-corrected chi connectivity index (χ0v) is 7.47. The predicted octanol–water partition coefficient (Wildman–Crippen LogP) is 0.0981. The fourth-order valence-corrected chi connectivity index (χ4v) is 1.20. The Labute approximate surface area is 79.3 Å². The topological polar surface area (TPSA) is 82.5 Å². The zero-order chi connectivity index (χ0) is 10.1. The fourth-order valence-electron chi connectivity index (χ4n) is 1.20. The van der Waals surface area contributed by atoms with Gasteiger partial charge in [0, 0.05) is 12.4 Å². The third kappa shape index (κ3) is 1.08. The monoisotopic (exact) mass is 192 g/mol. The minimum atomic E-state index is -0.531. The Morgan fingerprint density at radius 1 is 1.64 bits per heavy atom. The second-order valence-corrected chi connectivity index (χ2v) is 2.64. The zero-order valence-electron chi connectivity index (χ0n) is 7.47. The van der Waals surface area contributed by atoms with E-state index in [1.165, 1.54) is 11.6 Å². The molecule has 0 aliphatic heterocycles. The predicted molar refractivity (Wildman–Crippen MR) is 48.7 cm³/mol. The minimum Gasteiger partial charge on any atom is -0.465 e. The summed E-state index contributed by atoms with van der Waals surface area (Å²) in [6, 6.07) is 1.69. The van der Waals surface area contributed by atoms with Crippen LogP contribution in [0.4, 0.5) is 5.82 Å². The number of hydrogen-bond acceptors (Lipinski definition) is 5. The molecule has 2 aromatic heterocycles. The van der Waals surface area contributed by atoms with Crippen molar-refractivity contribution in [1.29, 1.82) is 0 Å². The van der Waals surface area contributed by atoms with Crippen LogP contribution < -0.4 is 5.73 Å². The van der Waals surface area contributed by atoms with E-state index in [0.717, 1.165) is 0 Å². The molecule has 0 saturated heterocycles. The van der Waals surface area contributed by atoms with Gasteiger partial charge >= 0.3 is 5.97 Å². The van der Waals surface area contributed by atoms with Gasteiger partial charge in [0.15, 0.2) is 11.5 Å². The molecule has 72 valence electrons. The van der Waals surface area contributed by atoms with Gasteiger partial charge < -0.3 is 10.5 Å². The molecule has 6 nitrogen and oxygen atoms in total. The van der Waals surface area contributed by atoms with Crippen molar-refractivity contribution in [2.75, 3.05) is 12.8 Å². The van der Waals surface area contributed by atoms with Crippen molar-refractivity contribution in [2.45, 2.75) is 0 Å². The lowest BCUT2D eigenvalue weighted by Gasteiger charge is -1.95. The van der Waals surface area contributed by atoms with Gasteiger partial charge in [0.1, 0.15) is 5.56 Å². The van der Waals surface area contributed by atoms with E-state index in [1.807, 2.05) is 0 Å². The van der Waals surface area contributed by atoms with Crippen molar-refractivity contribution >= 4 is 17.4 Å². The maximum absolute atomic E-state index is 11.3. The second kappa shape index (κ2) is 2.99. The number of anilines is 1. The molecule has 2 heterocycles. The molecule has 6 heteroatoms. The summed E-state index contributed by atoms with van der Waals surface area (Å²) in [4.78, 5) is 15.3. The summed E-state index contributed by atoms with van der Waals surface area (Å²) in [6.45, 7) is 0. The van der Waals surface area contributed by atoms with Gasteiger partial charge in [-0.1, -0.05) is 0 Å². The minimum absolute atomic E-state index is 0.121. The van der Waals surface area contributed by atoms with Gasteiger partial charge in [-0.25, -0.2) is 14.3 Å². The number of nitrogens with zero attached hydrogens (tertiary/aromatic N) is 3. The smallest absolute Gasteiger partial charge is 0.345 e. The number of carbonyl (C=O) groups excluding carboxylic acids is 1. The van der Waals surface area contributed by atoms with E-state index in [9.17, 15) is 4.79 Å². The molecule has 0 aromatic carbocycles. The van der Waals surface area contributed by atoms with Gasteiger partial charge in [0.2, 0.25) is 0 Å². The van der Waals surface area contributed by atoms with Crippen LogP contribution >= 0.6 is 0 Å². The number of hydrogen-bond donors (Lipinski definition) is 1. The lowest BCUT2D eigenvalue weighted by atomic mass is 10.3. The molecule has 0 aliphatic carbocycles. The molecule has 0 atom stereocenters. The van der Waals surface area contributed by atoms with Crippen LogP contribution in [0, 0.1) is 0 Å². The number of nitrogens with two attached hydrogens (primary N) is 1. The van der Waals surface area contributed by atoms with Crippen LogP contribution in [0.5, 0.6) is 0 Å². The van der Waals surface area contributed by atoms with Crippen LogP contribution in [0.25, 0.3) is 5.65 Å². The van der Waals surface area contributed by atoms with E-state index in [2.05, 4.69) is 14.8 Å². The Bertz CT molecular complexity index is 491. The molecule has 0 unspecified atom stereocenters. The van der Waals surface area contributed by atoms with Crippen LogP contribution in [0.2, 0.25) is 0 Å². The van der Waals surface area contributed by atoms with Crippen molar-refractivity contribution in [2.24, 2.45) is 0 Å². The number of rotatable bonds is 1. The van der Waals surface area contributed by atoms with Crippen molar-refractivity contribution in [1.82, 2.24) is 14.6 Å². The normalized spacial score (nSPS) is 10.4. The Balaban J connectivity index is 2.74. The summed E-state index contributed by atoms with van der Waals surface area (Å²) in [6.07, 6.45) is 3.22. The average Bonchev–Trinajstić information content (AvgIpc) is 2.53. The van der Waals surface area contributed by atoms with Gasteiger partial charge in [-0.15, -0.1) is 5.10 Å². The SMILES string of the molecule is COC(=O)c1c(N)nn2cccnc12. The van der Waals surface area contributed by atoms with Crippen molar-refractivity contribution in [3.8, 4) is 0 Å². The number of esters is 1. The summed E-state index contributed by atoms with van der Waals surface area (Å²) in [5.74, 6) is -0.410. The third-order valence-electron chi connectivity index (χ3n) is 1.81. The van der Waals surface area contributed by atoms with Crippen LogP contribution in [0.15, 0.2) is 18.5 Å². The van der Waals surface area contributed by atoms with Crippen molar-refractivity contribution in [3.05, 3.63) is 24.0 Å². The number of ether oxygens (including phenoxy) is 1. The molecule has 2 N–H and O–H groups in total. The Hall–Kier alpha value is -2.11. The van der Waals surface area contributed by atoms with E-state index in [4.69, 9.17) is 5.73 Å². The van der Waals surface area contributed by atoms with Gasteiger partial charge in [-0.05, 0) is 6.07 Å². The van der Waals surface area contributed by atoms with Crippen molar-refractivity contribution < 1.29 is 9.53 Å². The molecule has 0 saturated carbocycles. The molecule has 0 spiro atoms. The summed E-state index contributed by atoms with van der Waals surface area (Å²) in [5.41, 5.74) is 6.16. The van der Waals surface area contributed by atoms with E-state index in [-0.39, 0.29) is 11.4 Å². The standard InChI is InChI=1S/C8H8N4O2/c1-14-8(13)5-6(9)11-12-4-2-3-10-7(5)12/h2-4H,1H3,(H2,9,11). The quantitative estimate of drug-likeness (QED) is 0.648. The first-order valence-electron chi connectivity index (χ1n) is 3.91. The summed E-state index contributed by atoms with van der Waals surface area (Å²) >= 11 is 0. The van der Waals surface area contributed by atoms with Crippen molar-refractivity contribution in [3.63, 3.8) is 0 Å².